The topological polar surface area (TPSA) is 32.3 Å². The zero-order chi connectivity index (χ0) is 8.55. The maximum absolute atomic E-state index is 9.59. The number of nitrogens with one attached hydrogen (secondary N) is 1. The van der Waals surface area contributed by atoms with E-state index in [1.165, 1.54) is 11.1 Å². The highest BCUT2D eigenvalue weighted by atomic mass is 16.3. The Morgan fingerprint density at radius 1 is 1.50 bits per heavy atom. The van der Waals surface area contributed by atoms with Crippen molar-refractivity contribution in [3.8, 4) is 0 Å². The molecule has 1 atom stereocenters. The quantitative estimate of drug-likeness (QED) is 0.601. The Kier molecular flexibility index (Phi) is 1.87. The monoisotopic (exact) mass is 163 g/mol. The van der Waals surface area contributed by atoms with E-state index in [2.05, 4.69) is 18.3 Å². The second-order valence-electron chi connectivity index (χ2n) is 3.35. The van der Waals surface area contributed by atoms with Crippen LogP contribution in [-0.2, 0) is 6.54 Å². The summed E-state index contributed by atoms with van der Waals surface area (Å²) in [5.74, 6) is 0. The van der Waals surface area contributed by atoms with Crippen LogP contribution in [0.2, 0.25) is 0 Å². The van der Waals surface area contributed by atoms with Crippen LogP contribution in [0.15, 0.2) is 18.2 Å². The van der Waals surface area contributed by atoms with Crippen molar-refractivity contribution >= 4 is 0 Å². The summed E-state index contributed by atoms with van der Waals surface area (Å²) in [4.78, 5) is 0. The Hall–Kier alpha value is -0.860. The van der Waals surface area contributed by atoms with Crippen LogP contribution in [0.1, 0.15) is 22.8 Å². The number of hydrogen-bond acceptors (Lipinski definition) is 2. The van der Waals surface area contributed by atoms with Gasteiger partial charge in [-0.3, -0.25) is 0 Å². The molecule has 1 unspecified atom stereocenters. The van der Waals surface area contributed by atoms with Crippen LogP contribution in [-0.4, -0.2) is 11.7 Å². The van der Waals surface area contributed by atoms with Gasteiger partial charge in [0.25, 0.3) is 0 Å². The van der Waals surface area contributed by atoms with Gasteiger partial charge in [0.1, 0.15) is 0 Å². The highest BCUT2D eigenvalue weighted by Crippen LogP contribution is 2.22. The third-order valence-electron chi connectivity index (χ3n) is 2.31. The number of aliphatic hydroxyl groups excluding tert-OH is 1. The first-order valence-corrected chi connectivity index (χ1v) is 4.25. The van der Waals surface area contributed by atoms with Gasteiger partial charge in [-0.25, -0.2) is 0 Å². The molecule has 2 N–H and O–H groups in total. The first-order chi connectivity index (χ1) is 5.77. The van der Waals surface area contributed by atoms with Gasteiger partial charge in [-0.2, -0.15) is 0 Å². The Bertz CT molecular complexity index is 296. The standard InChI is InChI=1S/C10H13NO/c1-7-2-3-9-8(4-7)5-11-6-10(9)12/h2-4,10-12H,5-6H2,1H3. The lowest BCUT2D eigenvalue weighted by Crippen LogP contribution is -2.27. The van der Waals surface area contributed by atoms with E-state index in [0.717, 1.165) is 12.1 Å². The smallest absolute Gasteiger partial charge is 0.0917 e. The molecule has 1 heterocycles. The number of hydrogen-bond donors (Lipinski definition) is 2. The first kappa shape index (κ1) is 7.77. The van der Waals surface area contributed by atoms with E-state index in [9.17, 15) is 5.11 Å². The molecule has 0 saturated carbocycles. The molecule has 0 bridgehead atoms. The fraction of sp³-hybridized carbons (Fsp3) is 0.400. The zero-order valence-corrected chi connectivity index (χ0v) is 7.17. The second-order valence-corrected chi connectivity index (χ2v) is 3.35. The third kappa shape index (κ3) is 1.24. The molecular weight excluding hydrogens is 150 g/mol. The first-order valence-electron chi connectivity index (χ1n) is 4.25. The molecular formula is C10H13NO. The number of rotatable bonds is 0. The van der Waals surface area contributed by atoms with Gasteiger partial charge in [-0.05, 0) is 18.1 Å². The van der Waals surface area contributed by atoms with E-state index in [-0.39, 0.29) is 6.10 Å². The molecule has 12 heavy (non-hydrogen) atoms. The van der Waals surface area contributed by atoms with E-state index >= 15 is 0 Å². The van der Waals surface area contributed by atoms with Crippen LogP contribution in [0.3, 0.4) is 0 Å². The minimum Gasteiger partial charge on any atom is -0.387 e. The molecule has 2 nitrogen and oxygen atoms in total. The van der Waals surface area contributed by atoms with Crippen molar-refractivity contribution in [3.05, 3.63) is 34.9 Å². The predicted octanol–water partition coefficient (Wildman–Crippen LogP) is 1.13. The molecule has 2 heteroatoms. The van der Waals surface area contributed by atoms with Gasteiger partial charge in [0.15, 0.2) is 0 Å². The summed E-state index contributed by atoms with van der Waals surface area (Å²) in [6.07, 6.45) is -0.325. The molecule has 0 amide bonds. The number of aliphatic hydroxyl groups is 1. The lowest BCUT2D eigenvalue weighted by molar-refractivity contribution is 0.165. The highest BCUT2D eigenvalue weighted by Gasteiger charge is 2.16. The molecule has 0 spiro atoms. The fourth-order valence-electron chi connectivity index (χ4n) is 1.67. The number of β-amino-alcohol motifs (C(OH)–C–C–N with tert-alkyl or cyclic N) is 1. The van der Waals surface area contributed by atoms with Crippen LogP contribution in [0, 0.1) is 6.92 Å². The van der Waals surface area contributed by atoms with Crippen LogP contribution >= 0.6 is 0 Å². The van der Waals surface area contributed by atoms with Gasteiger partial charge >= 0.3 is 0 Å². The fourth-order valence-corrected chi connectivity index (χ4v) is 1.67. The molecule has 1 aromatic carbocycles. The molecule has 1 aliphatic heterocycles. The van der Waals surface area contributed by atoms with Gasteiger partial charge in [0, 0.05) is 13.1 Å². The highest BCUT2D eigenvalue weighted by molar-refractivity contribution is 5.34. The Labute approximate surface area is 72.2 Å². The van der Waals surface area contributed by atoms with Crippen LogP contribution in [0.4, 0.5) is 0 Å². The SMILES string of the molecule is Cc1ccc2c(c1)CNCC2O. The maximum Gasteiger partial charge on any atom is 0.0917 e. The lowest BCUT2D eigenvalue weighted by Gasteiger charge is -2.22. The molecule has 1 aliphatic rings. The Balaban J connectivity index is 2.46. The summed E-state index contributed by atoms with van der Waals surface area (Å²) in [7, 11) is 0. The molecule has 0 aromatic heterocycles. The molecule has 0 fully saturated rings. The number of aryl methyl sites for hydroxylation is 1. The van der Waals surface area contributed by atoms with Crippen molar-refractivity contribution in [2.75, 3.05) is 6.54 Å². The van der Waals surface area contributed by atoms with E-state index in [0.29, 0.717) is 6.54 Å². The zero-order valence-electron chi connectivity index (χ0n) is 7.17. The minimum atomic E-state index is -0.325. The summed E-state index contributed by atoms with van der Waals surface area (Å²) in [6.45, 7) is 3.63. The van der Waals surface area contributed by atoms with Crippen molar-refractivity contribution in [1.29, 1.82) is 0 Å². The molecule has 0 radical (unpaired) electrons. The average molecular weight is 163 g/mol. The number of benzene rings is 1. The van der Waals surface area contributed by atoms with Gasteiger partial charge in [0.2, 0.25) is 0 Å². The van der Waals surface area contributed by atoms with E-state index in [1.807, 2.05) is 12.1 Å². The molecule has 0 aliphatic carbocycles. The molecule has 0 saturated heterocycles. The van der Waals surface area contributed by atoms with Crippen LogP contribution in [0.5, 0.6) is 0 Å². The van der Waals surface area contributed by atoms with Crippen LogP contribution < -0.4 is 5.32 Å². The number of fused-ring (bicyclic) bond motifs is 1. The predicted molar refractivity (Wildman–Crippen MR) is 47.8 cm³/mol. The summed E-state index contributed by atoms with van der Waals surface area (Å²) in [6, 6.07) is 6.20. The van der Waals surface area contributed by atoms with Crippen molar-refractivity contribution in [2.45, 2.75) is 19.6 Å². The summed E-state index contributed by atoms with van der Waals surface area (Å²) in [5.41, 5.74) is 3.57. The van der Waals surface area contributed by atoms with E-state index in [4.69, 9.17) is 0 Å². The van der Waals surface area contributed by atoms with Crippen molar-refractivity contribution in [3.63, 3.8) is 0 Å². The molecule has 2 rings (SSSR count). The van der Waals surface area contributed by atoms with Gasteiger partial charge < -0.3 is 10.4 Å². The Morgan fingerprint density at radius 3 is 3.17 bits per heavy atom. The summed E-state index contributed by atoms with van der Waals surface area (Å²) < 4.78 is 0. The molecule has 64 valence electrons. The third-order valence-corrected chi connectivity index (χ3v) is 2.31. The van der Waals surface area contributed by atoms with E-state index in [1.54, 1.807) is 0 Å². The van der Waals surface area contributed by atoms with Crippen molar-refractivity contribution < 1.29 is 5.11 Å². The van der Waals surface area contributed by atoms with E-state index < -0.39 is 0 Å². The minimum absolute atomic E-state index is 0.325. The van der Waals surface area contributed by atoms with Crippen molar-refractivity contribution in [1.82, 2.24) is 5.32 Å². The normalized spacial score (nSPS) is 22.0. The lowest BCUT2D eigenvalue weighted by atomic mass is 9.97. The van der Waals surface area contributed by atoms with Gasteiger partial charge in [0.05, 0.1) is 6.10 Å². The molecule has 1 aromatic rings. The maximum atomic E-state index is 9.59. The van der Waals surface area contributed by atoms with Gasteiger partial charge in [-0.1, -0.05) is 23.8 Å². The van der Waals surface area contributed by atoms with Gasteiger partial charge in [-0.15, -0.1) is 0 Å². The largest absolute Gasteiger partial charge is 0.387 e. The summed E-state index contributed by atoms with van der Waals surface area (Å²) in [5, 5.41) is 12.8. The Morgan fingerprint density at radius 2 is 2.33 bits per heavy atom. The second kappa shape index (κ2) is 2.88. The summed E-state index contributed by atoms with van der Waals surface area (Å²) >= 11 is 0. The van der Waals surface area contributed by atoms with Crippen molar-refractivity contribution in [2.24, 2.45) is 0 Å². The average Bonchev–Trinajstić information content (AvgIpc) is 2.04. The van der Waals surface area contributed by atoms with Crippen LogP contribution in [0.25, 0.3) is 0 Å².